The molecule has 0 saturated carbocycles. The molecular formula is C15H17F2NO. The molecular weight excluding hydrogens is 248 g/mol. The van der Waals surface area contributed by atoms with E-state index in [9.17, 15) is 8.78 Å². The van der Waals surface area contributed by atoms with Crippen LogP contribution in [0.1, 0.15) is 30.7 Å². The van der Waals surface area contributed by atoms with Crippen LogP contribution in [0.2, 0.25) is 0 Å². The summed E-state index contributed by atoms with van der Waals surface area (Å²) in [6.07, 6.45) is 2.99. The number of benzene rings is 1. The van der Waals surface area contributed by atoms with Crippen LogP contribution in [-0.2, 0) is 6.42 Å². The predicted molar refractivity (Wildman–Crippen MR) is 69.8 cm³/mol. The van der Waals surface area contributed by atoms with Gasteiger partial charge in [-0.1, -0.05) is 6.92 Å². The summed E-state index contributed by atoms with van der Waals surface area (Å²) in [5.41, 5.74) is 0.338. The summed E-state index contributed by atoms with van der Waals surface area (Å²) in [5, 5.41) is 3.23. The van der Waals surface area contributed by atoms with Crippen LogP contribution in [0.5, 0.6) is 0 Å². The molecule has 0 bridgehead atoms. The largest absolute Gasteiger partial charge is 0.469 e. The molecule has 1 aromatic heterocycles. The Morgan fingerprint density at radius 2 is 2.11 bits per heavy atom. The van der Waals surface area contributed by atoms with Crippen molar-refractivity contribution in [2.45, 2.75) is 25.8 Å². The molecule has 2 rings (SSSR count). The molecule has 1 aromatic carbocycles. The summed E-state index contributed by atoms with van der Waals surface area (Å²) in [7, 11) is 0. The number of hydrogen-bond donors (Lipinski definition) is 1. The molecule has 4 heteroatoms. The maximum Gasteiger partial charge on any atom is 0.128 e. The summed E-state index contributed by atoms with van der Waals surface area (Å²) < 4.78 is 32.4. The average molecular weight is 265 g/mol. The van der Waals surface area contributed by atoms with E-state index in [1.54, 1.807) is 12.3 Å². The predicted octanol–water partition coefficient (Wildman–Crippen LogP) is 3.84. The third kappa shape index (κ3) is 3.64. The second-order valence-corrected chi connectivity index (χ2v) is 4.46. The second kappa shape index (κ2) is 6.48. The van der Waals surface area contributed by atoms with Crippen LogP contribution in [-0.4, -0.2) is 6.54 Å². The minimum atomic E-state index is -0.431. The van der Waals surface area contributed by atoms with Gasteiger partial charge >= 0.3 is 0 Å². The molecule has 2 aromatic rings. The van der Waals surface area contributed by atoms with Crippen LogP contribution >= 0.6 is 0 Å². The van der Waals surface area contributed by atoms with Gasteiger partial charge in [0.1, 0.15) is 17.4 Å². The Morgan fingerprint density at radius 3 is 2.79 bits per heavy atom. The molecule has 0 spiro atoms. The van der Waals surface area contributed by atoms with Gasteiger partial charge in [-0.2, -0.15) is 0 Å². The number of halogens is 2. The van der Waals surface area contributed by atoms with Gasteiger partial charge in [-0.3, -0.25) is 0 Å². The quantitative estimate of drug-likeness (QED) is 0.858. The number of furan rings is 1. The van der Waals surface area contributed by atoms with Crippen LogP contribution < -0.4 is 5.32 Å². The molecule has 1 N–H and O–H groups in total. The van der Waals surface area contributed by atoms with Gasteiger partial charge in [0.05, 0.1) is 6.26 Å². The van der Waals surface area contributed by atoms with Gasteiger partial charge in [-0.25, -0.2) is 8.78 Å². The number of rotatable bonds is 6. The van der Waals surface area contributed by atoms with Crippen LogP contribution in [0.3, 0.4) is 0 Å². The fraction of sp³-hybridized carbons (Fsp3) is 0.333. The Hall–Kier alpha value is -1.68. The molecule has 1 atom stereocenters. The zero-order valence-electron chi connectivity index (χ0n) is 10.8. The van der Waals surface area contributed by atoms with Crippen molar-refractivity contribution < 1.29 is 13.2 Å². The Morgan fingerprint density at radius 1 is 1.26 bits per heavy atom. The monoisotopic (exact) mass is 265 g/mol. The van der Waals surface area contributed by atoms with E-state index in [0.717, 1.165) is 30.9 Å². The lowest BCUT2D eigenvalue weighted by Gasteiger charge is -2.18. The minimum Gasteiger partial charge on any atom is -0.469 e. The smallest absolute Gasteiger partial charge is 0.128 e. The highest BCUT2D eigenvalue weighted by Gasteiger charge is 2.17. The van der Waals surface area contributed by atoms with E-state index in [2.05, 4.69) is 5.32 Å². The van der Waals surface area contributed by atoms with Crippen molar-refractivity contribution in [2.75, 3.05) is 6.54 Å². The van der Waals surface area contributed by atoms with Crippen LogP contribution in [0.4, 0.5) is 8.78 Å². The van der Waals surface area contributed by atoms with Crippen LogP contribution in [0.25, 0.3) is 0 Å². The van der Waals surface area contributed by atoms with E-state index in [4.69, 9.17) is 4.42 Å². The van der Waals surface area contributed by atoms with Gasteiger partial charge < -0.3 is 9.73 Å². The van der Waals surface area contributed by atoms with E-state index >= 15 is 0 Å². The lowest BCUT2D eigenvalue weighted by atomic mass is 10.0. The summed E-state index contributed by atoms with van der Waals surface area (Å²) in [5.74, 6) is -0.0852. The normalized spacial score (nSPS) is 12.6. The summed E-state index contributed by atoms with van der Waals surface area (Å²) in [4.78, 5) is 0. The third-order valence-corrected chi connectivity index (χ3v) is 2.96. The molecule has 0 fully saturated rings. The zero-order chi connectivity index (χ0) is 13.7. The molecule has 1 heterocycles. The average Bonchev–Trinajstić information content (AvgIpc) is 2.90. The van der Waals surface area contributed by atoms with Crippen molar-refractivity contribution in [2.24, 2.45) is 0 Å². The highest BCUT2D eigenvalue weighted by molar-refractivity contribution is 5.23. The van der Waals surface area contributed by atoms with Crippen molar-refractivity contribution in [3.63, 3.8) is 0 Å². The summed E-state index contributed by atoms with van der Waals surface area (Å²) >= 11 is 0. The van der Waals surface area contributed by atoms with E-state index < -0.39 is 11.6 Å². The van der Waals surface area contributed by atoms with Gasteiger partial charge in [-0.05, 0) is 43.3 Å². The molecule has 0 aliphatic rings. The molecule has 0 aliphatic heterocycles. The first kappa shape index (κ1) is 13.7. The summed E-state index contributed by atoms with van der Waals surface area (Å²) in [6.45, 7) is 2.76. The van der Waals surface area contributed by atoms with Crippen molar-refractivity contribution in [1.82, 2.24) is 5.32 Å². The molecule has 102 valence electrons. The Labute approximate surface area is 111 Å². The maximum atomic E-state index is 13.8. The maximum absolute atomic E-state index is 13.8. The van der Waals surface area contributed by atoms with E-state index in [1.807, 2.05) is 13.0 Å². The Bertz CT molecular complexity index is 511. The minimum absolute atomic E-state index is 0.290. The Balaban J connectivity index is 2.23. The molecule has 0 radical (unpaired) electrons. The molecule has 2 nitrogen and oxygen atoms in total. The fourth-order valence-corrected chi connectivity index (χ4v) is 2.02. The number of nitrogens with one attached hydrogen (secondary N) is 1. The van der Waals surface area contributed by atoms with Crippen molar-refractivity contribution in [1.29, 1.82) is 0 Å². The van der Waals surface area contributed by atoms with Crippen molar-refractivity contribution in [3.8, 4) is 0 Å². The summed E-state index contributed by atoms with van der Waals surface area (Å²) in [6, 6.07) is 6.86. The molecule has 0 aliphatic carbocycles. The van der Waals surface area contributed by atoms with E-state index in [-0.39, 0.29) is 6.04 Å². The lowest BCUT2D eigenvalue weighted by Crippen LogP contribution is -2.25. The van der Waals surface area contributed by atoms with E-state index in [0.29, 0.717) is 12.0 Å². The molecule has 0 amide bonds. The first-order valence-corrected chi connectivity index (χ1v) is 6.41. The molecule has 0 saturated heterocycles. The van der Waals surface area contributed by atoms with Crippen molar-refractivity contribution >= 4 is 0 Å². The molecule has 1 unspecified atom stereocenters. The zero-order valence-corrected chi connectivity index (χ0v) is 10.8. The Kier molecular flexibility index (Phi) is 4.68. The second-order valence-electron chi connectivity index (χ2n) is 4.46. The van der Waals surface area contributed by atoms with E-state index in [1.165, 1.54) is 6.07 Å². The standard InChI is InChI=1S/C15H17F2NO/c1-2-7-18-15(10-12-4-3-8-19-12)13-9-11(16)5-6-14(13)17/h3-6,8-9,15,18H,2,7,10H2,1H3. The van der Waals surface area contributed by atoms with Crippen LogP contribution in [0, 0.1) is 11.6 Å². The van der Waals surface area contributed by atoms with Gasteiger partial charge in [0.25, 0.3) is 0 Å². The topological polar surface area (TPSA) is 25.2 Å². The van der Waals surface area contributed by atoms with Gasteiger partial charge in [0.2, 0.25) is 0 Å². The third-order valence-electron chi connectivity index (χ3n) is 2.96. The van der Waals surface area contributed by atoms with Gasteiger partial charge in [0.15, 0.2) is 0 Å². The van der Waals surface area contributed by atoms with Crippen LogP contribution in [0.15, 0.2) is 41.0 Å². The van der Waals surface area contributed by atoms with Crippen molar-refractivity contribution in [3.05, 3.63) is 59.6 Å². The highest BCUT2D eigenvalue weighted by atomic mass is 19.1. The highest BCUT2D eigenvalue weighted by Crippen LogP contribution is 2.22. The first-order chi connectivity index (χ1) is 9.20. The first-order valence-electron chi connectivity index (χ1n) is 6.41. The SMILES string of the molecule is CCCNC(Cc1ccco1)c1cc(F)ccc1F. The van der Waals surface area contributed by atoms with Gasteiger partial charge in [-0.15, -0.1) is 0 Å². The number of hydrogen-bond acceptors (Lipinski definition) is 2. The lowest BCUT2D eigenvalue weighted by molar-refractivity contribution is 0.436. The molecule has 19 heavy (non-hydrogen) atoms. The fourth-order valence-electron chi connectivity index (χ4n) is 2.02. The van der Waals surface area contributed by atoms with Gasteiger partial charge in [0, 0.05) is 18.0 Å².